The monoisotopic (exact) mass is 375 g/mol. The number of ether oxygens (including phenoxy) is 2. The van der Waals surface area contributed by atoms with Crippen LogP contribution in [0.1, 0.15) is 13.8 Å². The lowest BCUT2D eigenvalue weighted by Gasteiger charge is -2.22. The molecule has 140 valence electrons. The summed E-state index contributed by atoms with van der Waals surface area (Å²) in [6.07, 6.45) is 1.75. The van der Waals surface area contributed by atoms with E-state index in [4.69, 9.17) is 19.2 Å². The molecule has 0 N–H and O–H groups in total. The molecule has 1 unspecified atom stereocenters. The van der Waals surface area contributed by atoms with Crippen LogP contribution in [0.2, 0.25) is 0 Å². The Balaban J connectivity index is 1.67. The van der Waals surface area contributed by atoms with Crippen LogP contribution in [-0.2, 0) is 15.9 Å². The second-order valence-electron chi connectivity index (χ2n) is 6.86. The van der Waals surface area contributed by atoms with E-state index in [1.807, 2.05) is 80.7 Å². The molecule has 0 amide bonds. The predicted octanol–water partition coefficient (Wildman–Crippen LogP) is 4.07. The quantitative estimate of drug-likeness (QED) is 0.228. The summed E-state index contributed by atoms with van der Waals surface area (Å²) in [6.45, 7) is 3.75. The molecule has 0 saturated heterocycles. The van der Waals surface area contributed by atoms with Crippen molar-refractivity contribution in [1.29, 1.82) is 0 Å². The van der Waals surface area contributed by atoms with E-state index in [0.29, 0.717) is 17.0 Å². The van der Waals surface area contributed by atoms with E-state index in [2.05, 4.69) is 4.98 Å². The van der Waals surface area contributed by atoms with Gasteiger partial charge in [0.15, 0.2) is 11.9 Å². The molecule has 3 heterocycles. The van der Waals surface area contributed by atoms with Crippen LogP contribution in [0.15, 0.2) is 73.1 Å². The summed E-state index contributed by atoms with van der Waals surface area (Å²) in [5, 5.41) is 1.97. The first-order valence-electron chi connectivity index (χ1n) is 9.16. The van der Waals surface area contributed by atoms with Gasteiger partial charge in [-0.15, -0.1) is 0 Å². The molecular formula is C22H19N2O4+. The van der Waals surface area contributed by atoms with Crippen molar-refractivity contribution in [2.24, 2.45) is 0 Å². The van der Waals surface area contributed by atoms with Crippen molar-refractivity contribution < 1.29 is 23.8 Å². The Hall–Kier alpha value is -3.22. The molecule has 0 radical (unpaired) electrons. The topological polar surface area (TPSA) is 53.7 Å². The molecule has 0 aliphatic carbocycles. The van der Waals surface area contributed by atoms with E-state index >= 15 is 0 Å². The molecule has 0 fully saturated rings. The van der Waals surface area contributed by atoms with Gasteiger partial charge in [-0.25, -0.2) is 4.89 Å². The molecule has 1 aliphatic heterocycles. The number of pyridine rings is 2. The largest absolute Gasteiger partial charge is 0.647 e. The van der Waals surface area contributed by atoms with Crippen LogP contribution in [0.3, 0.4) is 0 Å². The Morgan fingerprint density at radius 3 is 2.64 bits per heavy atom. The molecule has 28 heavy (non-hydrogen) atoms. The van der Waals surface area contributed by atoms with Crippen molar-refractivity contribution in [2.45, 2.75) is 26.0 Å². The first kappa shape index (κ1) is 16.9. The molecule has 2 aromatic heterocycles. The highest BCUT2D eigenvalue weighted by Crippen LogP contribution is 2.37. The molecular weight excluding hydrogens is 356 g/mol. The Morgan fingerprint density at radius 1 is 0.964 bits per heavy atom. The van der Waals surface area contributed by atoms with Gasteiger partial charge < -0.3 is 9.47 Å². The van der Waals surface area contributed by atoms with Crippen LogP contribution >= 0.6 is 0 Å². The number of rotatable bonds is 5. The van der Waals surface area contributed by atoms with Crippen molar-refractivity contribution in [3.05, 3.63) is 73.1 Å². The summed E-state index contributed by atoms with van der Waals surface area (Å²) < 4.78 is 14.3. The lowest BCUT2D eigenvalue weighted by atomic mass is 10.2. The van der Waals surface area contributed by atoms with Crippen molar-refractivity contribution in [1.82, 2.24) is 4.98 Å². The number of nitrogens with zero attached hydrogens (tertiary/aromatic N) is 2. The van der Waals surface area contributed by atoms with Gasteiger partial charge in [-0.05, 0) is 44.2 Å². The standard InChI is InChI=1S/C22H19N2O4/c1-15(2)27-28-22(25-18-11-3-7-16-9-5-13-23-20(16)18)24-14-6-10-17-8-4-12-19(26-22)21(17)24/h3-15H,1-2H3/q+1. The van der Waals surface area contributed by atoms with Crippen LogP contribution in [-0.4, -0.2) is 11.1 Å². The van der Waals surface area contributed by atoms with Gasteiger partial charge in [0, 0.05) is 17.6 Å². The zero-order chi connectivity index (χ0) is 19.1. The van der Waals surface area contributed by atoms with Crippen LogP contribution in [0.5, 0.6) is 11.5 Å². The molecule has 5 rings (SSSR count). The number of hydrogen-bond acceptors (Lipinski definition) is 5. The average molecular weight is 375 g/mol. The summed E-state index contributed by atoms with van der Waals surface area (Å²) in [5.41, 5.74) is 1.58. The van der Waals surface area contributed by atoms with Crippen molar-refractivity contribution in [2.75, 3.05) is 0 Å². The molecule has 6 heteroatoms. The van der Waals surface area contributed by atoms with Gasteiger partial charge in [0.05, 0.1) is 11.5 Å². The molecule has 0 bridgehead atoms. The predicted molar refractivity (Wildman–Crippen MR) is 102 cm³/mol. The summed E-state index contributed by atoms with van der Waals surface area (Å²) in [5.74, 6) is 1.18. The van der Waals surface area contributed by atoms with Crippen molar-refractivity contribution in [3.63, 3.8) is 0 Å². The van der Waals surface area contributed by atoms with Gasteiger partial charge in [-0.3, -0.25) is 4.98 Å². The molecule has 0 saturated carbocycles. The molecule has 1 atom stereocenters. The van der Waals surface area contributed by atoms with Gasteiger partial charge in [-0.2, -0.15) is 0 Å². The number of hydrogen-bond donors (Lipinski definition) is 0. The zero-order valence-electron chi connectivity index (χ0n) is 15.5. The Labute approximate surface area is 161 Å². The van der Waals surface area contributed by atoms with E-state index in [0.717, 1.165) is 16.3 Å². The van der Waals surface area contributed by atoms with Crippen molar-refractivity contribution in [3.8, 4) is 11.5 Å². The second-order valence-corrected chi connectivity index (χ2v) is 6.86. The summed E-state index contributed by atoms with van der Waals surface area (Å²) in [4.78, 5) is 15.7. The smallest absolute Gasteiger partial charge is 0.370 e. The fraction of sp³-hybridized carbons (Fsp3) is 0.182. The fourth-order valence-electron chi connectivity index (χ4n) is 3.34. The van der Waals surface area contributed by atoms with E-state index in [1.165, 1.54) is 0 Å². The zero-order valence-corrected chi connectivity index (χ0v) is 15.5. The first-order valence-corrected chi connectivity index (χ1v) is 9.16. The molecule has 6 nitrogen and oxygen atoms in total. The van der Waals surface area contributed by atoms with E-state index in [9.17, 15) is 0 Å². The van der Waals surface area contributed by atoms with Crippen LogP contribution in [0.4, 0.5) is 0 Å². The number of fused-ring (bicyclic) bond motifs is 1. The number of benzene rings is 2. The second kappa shape index (κ2) is 6.44. The van der Waals surface area contributed by atoms with Gasteiger partial charge in [-0.1, -0.05) is 33.7 Å². The van der Waals surface area contributed by atoms with Gasteiger partial charge >= 0.3 is 6.10 Å². The third-order valence-corrected chi connectivity index (χ3v) is 4.50. The van der Waals surface area contributed by atoms with E-state index in [1.54, 1.807) is 10.8 Å². The highest BCUT2D eigenvalue weighted by molar-refractivity contribution is 5.84. The minimum atomic E-state index is -1.64. The minimum Gasteiger partial charge on any atom is -0.370 e. The van der Waals surface area contributed by atoms with Crippen molar-refractivity contribution >= 4 is 21.8 Å². The lowest BCUT2D eigenvalue weighted by Crippen LogP contribution is -2.62. The maximum Gasteiger partial charge on any atom is 0.647 e. The van der Waals surface area contributed by atoms with Crippen LogP contribution < -0.4 is 14.0 Å². The fourth-order valence-corrected chi connectivity index (χ4v) is 3.34. The van der Waals surface area contributed by atoms with Gasteiger partial charge in [0.1, 0.15) is 5.52 Å². The molecule has 1 aliphatic rings. The summed E-state index contributed by atoms with van der Waals surface area (Å²) in [7, 11) is 0. The highest BCUT2D eigenvalue weighted by atomic mass is 17.3. The van der Waals surface area contributed by atoms with E-state index < -0.39 is 6.10 Å². The summed E-state index contributed by atoms with van der Waals surface area (Å²) >= 11 is 0. The lowest BCUT2D eigenvalue weighted by molar-refractivity contribution is -0.886. The number of para-hydroxylation sites is 2. The molecule has 0 spiro atoms. The Bertz CT molecular complexity index is 1170. The Morgan fingerprint density at radius 2 is 1.75 bits per heavy atom. The number of aromatic nitrogens is 2. The normalized spacial score (nSPS) is 18.0. The average Bonchev–Trinajstić information content (AvgIpc) is 3.03. The summed E-state index contributed by atoms with van der Waals surface area (Å²) in [6, 6.07) is 19.3. The molecule has 4 aromatic rings. The van der Waals surface area contributed by atoms with Gasteiger partial charge in [0.2, 0.25) is 5.75 Å². The maximum absolute atomic E-state index is 6.33. The minimum absolute atomic E-state index is 0.182. The Kier molecular flexibility index (Phi) is 3.89. The highest BCUT2D eigenvalue weighted by Gasteiger charge is 2.58. The maximum atomic E-state index is 6.33. The van der Waals surface area contributed by atoms with Gasteiger partial charge in [0.25, 0.3) is 5.52 Å². The molecule has 2 aromatic carbocycles. The third-order valence-electron chi connectivity index (χ3n) is 4.50. The van der Waals surface area contributed by atoms with Crippen LogP contribution in [0, 0.1) is 0 Å². The first-order chi connectivity index (χ1) is 13.7. The third kappa shape index (κ3) is 2.66. The van der Waals surface area contributed by atoms with Crippen LogP contribution in [0.25, 0.3) is 21.8 Å². The SMILES string of the molecule is CC(C)OOC1(Oc2cccc3cccnc23)Oc2cccc3ccc[n+]1c23. The van der Waals surface area contributed by atoms with E-state index in [-0.39, 0.29) is 6.10 Å².